The SMILES string of the molecule is CC(C)c1ccc(-c2c[nH]cc2C(c2ccc(Cl)cc2Cl)n2ccnc2)cc1. The van der Waals surface area contributed by atoms with Crippen LogP contribution in [0.15, 0.2) is 73.6 Å². The van der Waals surface area contributed by atoms with Crippen molar-refractivity contribution in [2.45, 2.75) is 25.8 Å². The number of nitrogens with zero attached hydrogens (tertiary/aromatic N) is 2. The Labute approximate surface area is 175 Å². The fraction of sp³-hybridized carbons (Fsp3) is 0.174. The van der Waals surface area contributed by atoms with Gasteiger partial charge in [0.05, 0.1) is 12.4 Å². The minimum Gasteiger partial charge on any atom is -0.367 e. The van der Waals surface area contributed by atoms with Crippen molar-refractivity contribution in [1.82, 2.24) is 14.5 Å². The predicted octanol–water partition coefficient (Wildman–Crippen LogP) is 6.95. The van der Waals surface area contributed by atoms with Crippen LogP contribution in [0.1, 0.15) is 42.5 Å². The summed E-state index contributed by atoms with van der Waals surface area (Å²) in [6, 6.07) is 14.3. The van der Waals surface area contributed by atoms with Crippen molar-refractivity contribution in [1.29, 1.82) is 0 Å². The zero-order valence-corrected chi connectivity index (χ0v) is 17.2. The predicted molar refractivity (Wildman–Crippen MR) is 116 cm³/mol. The van der Waals surface area contributed by atoms with Crippen molar-refractivity contribution < 1.29 is 0 Å². The van der Waals surface area contributed by atoms with Gasteiger partial charge in [-0.2, -0.15) is 0 Å². The minimum atomic E-state index is -0.113. The number of H-pyrrole nitrogens is 1. The van der Waals surface area contributed by atoms with Gasteiger partial charge in [-0.3, -0.25) is 0 Å². The van der Waals surface area contributed by atoms with Gasteiger partial charge in [-0.25, -0.2) is 4.98 Å². The summed E-state index contributed by atoms with van der Waals surface area (Å²) >= 11 is 12.7. The first-order valence-electron chi connectivity index (χ1n) is 9.24. The van der Waals surface area contributed by atoms with Crippen molar-refractivity contribution in [2.24, 2.45) is 0 Å². The lowest BCUT2D eigenvalue weighted by Gasteiger charge is -2.21. The molecule has 3 nitrogen and oxygen atoms in total. The number of imidazole rings is 1. The van der Waals surface area contributed by atoms with Gasteiger partial charge in [0.1, 0.15) is 0 Å². The molecule has 1 atom stereocenters. The highest BCUT2D eigenvalue weighted by molar-refractivity contribution is 6.35. The first kappa shape index (κ1) is 18.9. The van der Waals surface area contributed by atoms with Crippen LogP contribution in [-0.4, -0.2) is 14.5 Å². The molecule has 5 heteroatoms. The lowest BCUT2D eigenvalue weighted by molar-refractivity contribution is 0.679. The van der Waals surface area contributed by atoms with E-state index in [0.717, 1.165) is 22.3 Å². The molecule has 4 rings (SSSR count). The van der Waals surface area contributed by atoms with Crippen molar-refractivity contribution in [3.05, 3.63) is 100 Å². The van der Waals surface area contributed by atoms with Gasteiger partial charge in [0.25, 0.3) is 0 Å². The van der Waals surface area contributed by atoms with Crippen LogP contribution in [0.4, 0.5) is 0 Å². The fourth-order valence-electron chi connectivity index (χ4n) is 3.53. The summed E-state index contributed by atoms with van der Waals surface area (Å²) in [4.78, 5) is 7.52. The number of aromatic nitrogens is 3. The number of benzene rings is 2. The zero-order valence-electron chi connectivity index (χ0n) is 15.7. The maximum Gasteiger partial charge on any atom is 0.0954 e. The Morgan fingerprint density at radius 1 is 0.964 bits per heavy atom. The molecule has 0 radical (unpaired) electrons. The molecule has 0 aliphatic rings. The number of aromatic amines is 1. The van der Waals surface area contributed by atoms with Crippen LogP contribution in [0.2, 0.25) is 10.0 Å². The van der Waals surface area contributed by atoms with Gasteiger partial charge in [-0.1, -0.05) is 67.4 Å². The van der Waals surface area contributed by atoms with Crippen LogP contribution in [0.5, 0.6) is 0 Å². The molecule has 0 fully saturated rings. The fourth-order valence-corrected chi connectivity index (χ4v) is 4.05. The van der Waals surface area contributed by atoms with E-state index in [1.807, 2.05) is 37.1 Å². The van der Waals surface area contributed by atoms with Crippen LogP contribution >= 0.6 is 23.2 Å². The summed E-state index contributed by atoms with van der Waals surface area (Å²) in [6.07, 6.45) is 9.61. The molecule has 0 saturated heterocycles. The lowest BCUT2D eigenvalue weighted by Crippen LogP contribution is -2.11. The molecule has 28 heavy (non-hydrogen) atoms. The summed E-state index contributed by atoms with van der Waals surface area (Å²) in [5.74, 6) is 0.506. The van der Waals surface area contributed by atoms with E-state index in [9.17, 15) is 0 Å². The second-order valence-electron chi connectivity index (χ2n) is 7.18. The topological polar surface area (TPSA) is 33.6 Å². The third-order valence-corrected chi connectivity index (χ3v) is 5.60. The molecule has 0 spiro atoms. The lowest BCUT2D eigenvalue weighted by atomic mass is 9.93. The highest BCUT2D eigenvalue weighted by Gasteiger charge is 2.23. The van der Waals surface area contributed by atoms with Gasteiger partial charge in [0.15, 0.2) is 0 Å². The summed E-state index contributed by atoms with van der Waals surface area (Å²) < 4.78 is 2.06. The Balaban J connectivity index is 1.84. The molecule has 0 saturated carbocycles. The van der Waals surface area contributed by atoms with Crippen LogP contribution < -0.4 is 0 Å². The highest BCUT2D eigenvalue weighted by Crippen LogP contribution is 2.38. The highest BCUT2D eigenvalue weighted by atomic mass is 35.5. The number of halogens is 2. The molecule has 1 N–H and O–H groups in total. The van der Waals surface area contributed by atoms with Crippen molar-refractivity contribution in [2.75, 3.05) is 0 Å². The normalized spacial score (nSPS) is 12.5. The number of hydrogen-bond donors (Lipinski definition) is 1. The second kappa shape index (κ2) is 7.86. The Kier molecular flexibility index (Phi) is 5.29. The van der Waals surface area contributed by atoms with E-state index in [4.69, 9.17) is 23.2 Å². The van der Waals surface area contributed by atoms with Crippen molar-refractivity contribution in [3.63, 3.8) is 0 Å². The second-order valence-corrected chi connectivity index (χ2v) is 8.02. The molecule has 142 valence electrons. The average Bonchev–Trinajstić information content (AvgIpc) is 3.36. The first-order chi connectivity index (χ1) is 13.5. The Bertz CT molecular complexity index is 1060. The van der Waals surface area contributed by atoms with Gasteiger partial charge in [0, 0.05) is 46.0 Å². The molecular formula is C23H21Cl2N3. The van der Waals surface area contributed by atoms with E-state index < -0.39 is 0 Å². The van der Waals surface area contributed by atoms with Crippen LogP contribution in [0, 0.1) is 0 Å². The van der Waals surface area contributed by atoms with Crippen LogP contribution in [-0.2, 0) is 0 Å². The summed E-state index contributed by atoms with van der Waals surface area (Å²) in [5, 5.41) is 1.25. The molecular weight excluding hydrogens is 389 g/mol. The third kappa shape index (κ3) is 3.60. The number of nitrogens with one attached hydrogen (secondary N) is 1. The molecule has 2 heterocycles. The molecule has 0 bridgehead atoms. The van der Waals surface area contributed by atoms with Gasteiger partial charge in [0.2, 0.25) is 0 Å². The number of hydrogen-bond acceptors (Lipinski definition) is 1. The smallest absolute Gasteiger partial charge is 0.0954 e. The molecule has 0 aliphatic heterocycles. The number of rotatable bonds is 5. The van der Waals surface area contributed by atoms with Gasteiger partial charge in [-0.05, 0) is 34.7 Å². The standard InChI is InChI=1S/C23H21Cl2N3/c1-15(2)16-3-5-17(6-4-16)20-12-27-13-21(20)23(28-10-9-26-14-28)19-8-7-18(24)11-22(19)25/h3-15,23,27H,1-2H3. The Morgan fingerprint density at radius 3 is 2.39 bits per heavy atom. The minimum absolute atomic E-state index is 0.113. The molecule has 2 aromatic carbocycles. The zero-order chi connectivity index (χ0) is 19.7. The molecule has 4 aromatic rings. The largest absolute Gasteiger partial charge is 0.367 e. The van der Waals surface area contributed by atoms with Gasteiger partial charge >= 0.3 is 0 Å². The monoisotopic (exact) mass is 409 g/mol. The summed E-state index contributed by atoms with van der Waals surface area (Å²) in [6.45, 7) is 4.41. The van der Waals surface area contributed by atoms with E-state index in [1.165, 1.54) is 5.56 Å². The van der Waals surface area contributed by atoms with Crippen LogP contribution in [0.25, 0.3) is 11.1 Å². The first-order valence-corrected chi connectivity index (χ1v) is 9.99. The Hall–Kier alpha value is -2.49. The third-order valence-electron chi connectivity index (χ3n) is 5.04. The van der Waals surface area contributed by atoms with E-state index in [2.05, 4.69) is 52.6 Å². The molecule has 1 unspecified atom stereocenters. The quantitative estimate of drug-likeness (QED) is 0.380. The summed E-state index contributed by atoms with van der Waals surface area (Å²) in [7, 11) is 0. The maximum absolute atomic E-state index is 6.58. The van der Waals surface area contributed by atoms with Crippen molar-refractivity contribution in [3.8, 4) is 11.1 Å². The van der Waals surface area contributed by atoms with Gasteiger partial charge in [-0.15, -0.1) is 0 Å². The molecule has 2 aromatic heterocycles. The molecule has 0 aliphatic carbocycles. The van der Waals surface area contributed by atoms with Crippen LogP contribution in [0.3, 0.4) is 0 Å². The Morgan fingerprint density at radius 2 is 1.75 bits per heavy atom. The average molecular weight is 410 g/mol. The van der Waals surface area contributed by atoms with Gasteiger partial charge < -0.3 is 9.55 Å². The molecule has 0 amide bonds. The summed E-state index contributed by atoms with van der Waals surface area (Å²) in [5.41, 5.74) is 5.73. The van der Waals surface area contributed by atoms with Crippen molar-refractivity contribution >= 4 is 23.2 Å². The van der Waals surface area contributed by atoms with E-state index in [1.54, 1.807) is 12.3 Å². The maximum atomic E-state index is 6.58. The van der Waals surface area contributed by atoms with E-state index >= 15 is 0 Å². The van der Waals surface area contributed by atoms with E-state index in [0.29, 0.717) is 16.0 Å². The van der Waals surface area contributed by atoms with E-state index in [-0.39, 0.29) is 6.04 Å².